The number of rotatable bonds is 6. The topological polar surface area (TPSA) is 96.5 Å². The first kappa shape index (κ1) is 22.5. The SMILES string of the molecule is CC(C)Cn1c(=O)c(Nc2c(O)c3ccccc3n(CC(C)C)c2=O)c(O)c2ccccc21. The molecule has 3 N–H and O–H groups in total. The predicted octanol–water partition coefficient (Wildman–Crippen LogP) is 4.78. The highest BCUT2D eigenvalue weighted by atomic mass is 16.3. The molecule has 0 radical (unpaired) electrons. The van der Waals surface area contributed by atoms with E-state index in [2.05, 4.69) is 5.32 Å². The van der Waals surface area contributed by atoms with Gasteiger partial charge in [0.25, 0.3) is 11.1 Å². The van der Waals surface area contributed by atoms with Crippen molar-refractivity contribution >= 4 is 33.2 Å². The summed E-state index contributed by atoms with van der Waals surface area (Å²) < 4.78 is 3.18. The fourth-order valence-electron chi connectivity index (χ4n) is 4.22. The minimum Gasteiger partial charge on any atom is -0.505 e. The van der Waals surface area contributed by atoms with Gasteiger partial charge in [0.05, 0.1) is 11.0 Å². The molecule has 0 aliphatic carbocycles. The normalized spacial score (nSPS) is 11.7. The lowest BCUT2D eigenvalue weighted by Crippen LogP contribution is -2.28. The third-order valence-electron chi connectivity index (χ3n) is 5.64. The van der Waals surface area contributed by atoms with E-state index in [0.29, 0.717) is 34.9 Å². The van der Waals surface area contributed by atoms with Crippen molar-refractivity contribution in [1.29, 1.82) is 0 Å². The van der Waals surface area contributed by atoms with Crippen LogP contribution in [-0.4, -0.2) is 19.3 Å². The summed E-state index contributed by atoms with van der Waals surface area (Å²) in [6.45, 7) is 8.88. The summed E-state index contributed by atoms with van der Waals surface area (Å²) in [5.41, 5.74) is 0.0456. The second-order valence-electron chi connectivity index (χ2n) is 9.23. The summed E-state index contributed by atoms with van der Waals surface area (Å²) in [4.78, 5) is 26.9. The van der Waals surface area contributed by atoms with E-state index >= 15 is 0 Å². The highest BCUT2D eigenvalue weighted by Crippen LogP contribution is 2.36. The van der Waals surface area contributed by atoms with Gasteiger partial charge in [-0.05, 0) is 36.1 Å². The Morgan fingerprint density at radius 1 is 0.697 bits per heavy atom. The quantitative estimate of drug-likeness (QED) is 0.395. The Kier molecular flexibility index (Phi) is 5.89. The van der Waals surface area contributed by atoms with Crippen molar-refractivity contribution < 1.29 is 10.2 Å². The van der Waals surface area contributed by atoms with Crippen LogP contribution in [-0.2, 0) is 13.1 Å². The third-order valence-corrected chi connectivity index (χ3v) is 5.64. The maximum Gasteiger partial charge on any atom is 0.278 e. The van der Waals surface area contributed by atoms with E-state index in [1.807, 2.05) is 39.8 Å². The molecule has 7 nitrogen and oxygen atoms in total. The fraction of sp³-hybridized carbons (Fsp3) is 0.308. The average molecular weight is 448 g/mol. The predicted molar refractivity (Wildman–Crippen MR) is 133 cm³/mol. The molecule has 0 amide bonds. The van der Waals surface area contributed by atoms with Gasteiger partial charge >= 0.3 is 0 Å². The zero-order valence-electron chi connectivity index (χ0n) is 19.3. The van der Waals surface area contributed by atoms with Crippen LogP contribution in [0, 0.1) is 11.8 Å². The summed E-state index contributed by atoms with van der Waals surface area (Å²) in [6.07, 6.45) is 0. The van der Waals surface area contributed by atoms with Gasteiger partial charge in [0.15, 0.2) is 11.5 Å². The minimum atomic E-state index is -0.456. The summed E-state index contributed by atoms with van der Waals surface area (Å²) in [5, 5.41) is 25.8. The zero-order chi connectivity index (χ0) is 23.9. The number of nitrogens with zero attached hydrogens (tertiary/aromatic N) is 2. The third kappa shape index (κ3) is 3.95. The lowest BCUT2D eigenvalue weighted by Gasteiger charge is -2.19. The lowest BCUT2D eigenvalue weighted by atomic mass is 10.1. The van der Waals surface area contributed by atoms with E-state index in [0.717, 1.165) is 0 Å². The Labute approximate surface area is 191 Å². The average Bonchev–Trinajstić information content (AvgIpc) is 2.78. The van der Waals surface area contributed by atoms with Gasteiger partial charge < -0.3 is 24.7 Å². The molecule has 0 fully saturated rings. The molecule has 33 heavy (non-hydrogen) atoms. The van der Waals surface area contributed by atoms with E-state index in [1.54, 1.807) is 45.5 Å². The van der Waals surface area contributed by atoms with Crippen LogP contribution in [0.1, 0.15) is 27.7 Å². The van der Waals surface area contributed by atoms with Crippen LogP contribution < -0.4 is 16.4 Å². The van der Waals surface area contributed by atoms with Crippen LogP contribution in [0.3, 0.4) is 0 Å². The van der Waals surface area contributed by atoms with E-state index in [4.69, 9.17) is 0 Å². The molecule has 0 spiro atoms. The summed E-state index contributed by atoms with van der Waals surface area (Å²) in [5.74, 6) is -0.141. The highest BCUT2D eigenvalue weighted by Gasteiger charge is 2.22. The number of benzene rings is 2. The van der Waals surface area contributed by atoms with Crippen molar-refractivity contribution in [3.63, 3.8) is 0 Å². The van der Waals surface area contributed by atoms with Crippen molar-refractivity contribution in [1.82, 2.24) is 9.13 Å². The molecule has 2 aromatic heterocycles. The van der Waals surface area contributed by atoms with Gasteiger partial charge in [-0.2, -0.15) is 0 Å². The van der Waals surface area contributed by atoms with E-state index in [-0.39, 0.29) is 34.7 Å². The van der Waals surface area contributed by atoms with Gasteiger partial charge in [-0.15, -0.1) is 0 Å². The van der Waals surface area contributed by atoms with Gasteiger partial charge in [0.1, 0.15) is 11.4 Å². The molecule has 0 bridgehead atoms. The van der Waals surface area contributed by atoms with Gasteiger partial charge in [0.2, 0.25) is 0 Å². The number of para-hydroxylation sites is 2. The molecular weight excluding hydrogens is 418 g/mol. The Balaban J connectivity index is 2.00. The molecule has 4 aromatic rings. The summed E-state index contributed by atoms with van der Waals surface area (Å²) >= 11 is 0. The molecule has 172 valence electrons. The summed E-state index contributed by atoms with van der Waals surface area (Å²) in [6, 6.07) is 14.2. The molecule has 2 aromatic carbocycles. The molecular formula is C26H29N3O4. The van der Waals surface area contributed by atoms with Gasteiger partial charge in [-0.25, -0.2) is 0 Å². The van der Waals surface area contributed by atoms with E-state index in [9.17, 15) is 19.8 Å². The molecule has 7 heteroatoms. The fourth-order valence-corrected chi connectivity index (χ4v) is 4.22. The second-order valence-corrected chi connectivity index (χ2v) is 9.23. The molecule has 0 aliphatic rings. The maximum atomic E-state index is 13.4. The maximum absolute atomic E-state index is 13.4. The summed E-state index contributed by atoms with van der Waals surface area (Å²) in [7, 11) is 0. The van der Waals surface area contributed by atoms with Gasteiger partial charge in [0, 0.05) is 23.9 Å². The number of pyridine rings is 2. The number of hydrogen-bond donors (Lipinski definition) is 3. The number of nitrogens with one attached hydrogen (secondary N) is 1. The molecule has 2 heterocycles. The Morgan fingerprint density at radius 3 is 1.42 bits per heavy atom. The first-order valence-electron chi connectivity index (χ1n) is 11.2. The number of hydrogen-bond acceptors (Lipinski definition) is 5. The first-order valence-corrected chi connectivity index (χ1v) is 11.2. The highest BCUT2D eigenvalue weighted by molar-refractivity contribution is 5.94. The molecule has 0 saturated heterocycles. The smallest absolute Gasteiger partial charge is 0.278 e. The number of anilines is 2. The number of fused-ring (bicyclic) bond motifs is 2. The zero-order valence-corrected chi connectivity index (χ0v) is 19.3. The molecule has 0 unspecified atom stereocenters. The van der Waals surface area contributed by atoms with Gasteiger partial charge in [-0.1, -0.05) is 52.0 Å². The van der Waals surface area contributed by atoms with Crippen LogP contribution in [0.4, 0.5) is 11.4 Å². The Bertz CT molecular complexity index is 1350. The van der Waals surface area contributed by atoms with Crippen molar-refractivity contribution in [3.05, 3.63) is 69.2 Å². The van der Waals surface area contributed by atoms with Gasteiger partial charge in [-0.3, -0.25) is 9.59 Å². The van der Waals surface area contributed by atoms with Crippen LogP contribution in [0.15, 0.2) is 58.1 Å². The molecule has 0 aliphatic heterocycles. The lowest BCUT2D eigenvalue weighted by molar-refractivity contribution is 0.473. The number of aromatic nitrogens is 2. The van der Waals surface area contributed by atoms with Crippen LogP contribution in [0.2, 0.25) is 0 Å². The second kappa shape index (κ2) is 8.65. The van der Waals surface area contributed by atoms with Crippen molar-refractivity contribution in [2.45, 2.75) is 40.8 Å². The van der Waals surface area contributed by atoms with Crippen LogP contribution in [0.5, 0.6) is 11.5 Å². The monoisotopic (exact) mass is 447 g/mol. The van der Waals surface area contributed by atoms with Crippen LogP contribution in [0.25, 0.3) is 21.8 Å². The van der Waals surface area contributed by atoms with E-state index in [1.165, 1.54) is 0 Å². The van der Waals surface area contributed by atoms with Crippen molar-refractivity contribution in [2.24, 2.45) is 11.8 Å². The van der Waals surface area contributed by atoms with Crippen molar-refractivity contribution in [2.75, 3.05) is 5.32 Å². The van der Waals surface area contributed by atoms with Crippen molar-refractivity contribution in [3.8, 4) is 11.5 Å². The largest absolute Gasteiger partial charge is 0.505 e. The standard InChI is InChI=1S/C26H29N3O4/c1-15(2)13-28-19-11-7-5-9-17(19)23(30)21(25(28)32)27-22-24(31)18-10-6-8-12-20(18)29(26(22)33)14-16(3)4/h5-12,15-16,27,30-31H,13-14H2,1-4H3. The molecule has 0 atom stereocenters. The molecule has 0 saturated carbocycles. The number of aromatic hydroxyl groups is 2. The molecule has 4 rings (SSSR count). The first-order chi connectivity index (χ1) is 15.7. The Morgan fingerprint density at radius 2 is 1.06 bits per heavy atom. The van der Waals surface area contributed by atoms with Crippen LogP contribution >= 0.6 is 0 Å². The Hall–Kier alpha value is -3.74. The minimum absolute atomic E-state index is 0.131. The van der Waals surface area contributed by atoms with E-state index < -0.39 is 11.1 Å².